The first-order chi connectivity index (χ1) is 8.40. The van der Waals surface area contributed by atoms with E-state index in [2.05, 4.69) is 22.6 Å². The first kappa shape index (κ1) is 13.8. The van der Waals surface area contributed by atoms with Gasteiger partial charge in [-0.05, 0) is 44.4 Å². The van der Waals surface area contributed by atoms with Crippen LogP contribution in [0.15, 0.2) is 24.3 Å². The third kappa shape index (κ3) is 2.40. The molecule has 0 aromatic heterocycles. The number of esters is 1. The highest BCUT2D eigenvalue weighted by molar-refractivity contribution is 14.1. The van der Waals surface area contributed by atoms with Crippen molar-refractivity contribution in [1.29, 1.82) is 0 Å². The zero-order valence-corrected chi connectivity index (χ0v) is 12.7. The third-order valence-corrected chi connectivity index (χ3v) is 5.63. The van der Waals surface area contributed by atoms with E-state index in [1.165, 1.54) is 0 Å². The summed E-state index contributed by atoms with van der Waals surface area (Å²) >= 11 is 2.31. The van der Waals surface area contributed by atoms with Crippen molar-refractivity contribution >= 4 is 28.6 Å². The molecule has 1 aromatic rings. The first-order valence-corrected chi connectivity index (χ1v) is 7.17. The molecule has 0 radical (unpaired) electrons. The van der Waals surface area contributed by atoms with Crippen molar-refractivity contribution in [1.82, 2.24) is 0 Å². The Morgan fingerprint density at radius 2 is 2.22 bits per heavy atom. The van der Waals surface area contributed by atoms with Gasteiger partial charge in [-0.3, -0.25) is 0 Å². The van der Waals surface area contributed by atoms with E-state index in [0.29, 0.717) is 12.2 Å². The Bertz CT molecular complexity index is 464. The van der Waals surface area contributed by atoms with Crippen LogP contribution < -0.4 is 0 Å². The number of aliphatic hydroxyl groups is 1. The molecule has 1 aliphatic rings. The lowest BCUT2D eigenvalue weighted by molar-refractivity contribution is 0.0500. The number of carbonyl (C=O) groups excluding carboxylic acids is 1. The minimum Gasteiger partial charge on any atom is -0.462 e. The molecular formula is C14H17IO3. The van der Waals surface area contributed by atoms with Crippen LogP contribution in [0.2, 0.25) is 0 Å². The highest BCUT2D eigenvalue weighted by Gasteiger charge is 2.55. The average molecular weight is 360 g/mol. The Labute approximate surface area is 121 Å². The number of benzene rings is 1. The molecule has 1 saturated carbocycles. The fourth-order valence-electron chi connectivity index (χ4n) is 2.02. The molecule has 98 valence electrons. The summed E-state index contributed by atoms with van der Waals surface area (Å²) in [5.41, 5.74) is 0.367. The summed E-state index contributed by atoms with van der Waals surface area (Å²) in [4.78, 5) is 11.7. The van der Waals surface area contributed by atoms with Gasteiger partial charge in [0.05, 0.1) is 15.6 Å². The second kappa shape index (κ2) is 4.81. The third-order valence-electron chi connectivity index (χ3n) is 3.50. The molecule has 1 aromatic carbocycles. The van der Waals surface area contributed by atoms with Gasteiger partial charge in [-0.1, -0.05) is 34.7 Å². The second-order valence-corrected chi connectivity index (χ2v) is 6.90. The van der Waals surface area contributed by atoms with Crippen LogP contribution in [0.1, 0.15) is 42.6 Å². The van der Waals surface area contributed by atoms with Crippen molar-refractivity contribution < 1.29 is 14.6 Å². The lowest BCUT2D eigenvalue weighted by Crippen LogP contribution is -2.34. The Balaban J connectivity index is 2.30. The number of alkyl halides is 1. The first-order valence-electron chi connectivity index (χ1n) is 6.10. The Hall–Kier alpha value is -0.620. The highest BCUT2D eigenvalue weighted by Crippen LogP contribution is 2.57. The van der Waals surface area contributed by atoms with Gasteiger partial charge in [-0.25, -0.2) is 4.79 Å². The monoisotopic (exact) mass is 360 g/mol. The molecule has 18 heavy (non-hydrogen) atoms. The number of carbonyl (C=O) groups is 1. The molecule has 1 N–H and O–H groups in total. The second-order valence-electron chi connectivity index (χ2n) is 4.84. The number of halogens is 1. The maximum absolute atomic E-state index is 11.7. The summed E-state index contributed by atoms with van der Waals surface area (Å²) in [6.45, 7) is 3.95. The van der Waals surface area contributed by atoms with E-state index in [9.17, 15) is 9.90 Å². The quantitative estimate of drug-likeness (QED) is 0.510. The Morgan fingerprint density at radius 1 is 1.56 bits per heavy atom. The van der Waals surface area contributed by atoms with E-state index in [4.69, 9.17) is 4.74 Å². The van der Waals surface area contributed by atoms with E-state index < -0.39 is 5.60 Å². The number of hydrogen-bond donors (Lipinski definition) is 1. The molecule has 1 atom stereocenters. The smallest absolute Gasteiger partial charge is 0.338 e. The average Bonchev–Trinajstić information content (AvgIpc) is 3.09. The van der Waals surface area contributed by atoms with Crippen molar-refractivity contribution in [3.63, 3.8) is 0 Å². The maximum atomic E-state index is 11.7. The van der Waals surface area contributed by atoms with Crippen molar-refractivity contribution in [2.45, 2.75) is 35.7 Å². The standard InChI is InChI=1S/C14H17IO3/c1-3-18-12(16)10-5-4-6-11(9-10)13(2,17)14(15)7-8-14/h4-6,9,17H,3,7-8H2,1-2H3. The van der Waals surface area contributed by atoms with Gasteiger partial charge in [0.1, 0.15) is 5.60 Å². The van der Waals surface area contributed by atoms with Crippen LogP contribution in [0.25, 0.3) is 0 Å². The van der Waals surface area contributed by atoms with Crippen molar-refractivity contribution in [2.75, 3.05) is 6.61 Å². The van der Waals surface area contributed by atoms with Gasteiger partial charge in [-0.2, -0.15) is 0 Å². The molecule has 1 aliphatic carbocycles. The van der Waals surface area contributed by atoms with Crippen molar-refractivity contribution in [3.05, 3.63) is 35.4 Å². The number of ether oxygens (including phenoxy) is 1. The molecule has 2 rings (SSSR count). The Kier molecular flexibility index (Phi) is 3.69. The molecule has 3 nitrogen and oxygen atoms in total. The molecule has 0 aliphatic heterocycles. The van der Waals surface area contributed by atoms with Gasteiger partial charge < -0.3 is 9.84 Å². The fraction of sp³-hybridized carbons (Fsp3) is 0.500. The normalized spacial score (nSPS) is 20.0. The van der Waals surface area contributed by atoms with E-state index in [0.717, 1.165) is 18.4 Å². The largest absolute Gasteiger partial charge is 0.462 e. The van der Waals surface area contributed by atoms with Crippen LogP contribution in [0.5, 0.6) is 0 Å². The lowest BCUT2D eigenvalue weighted by atomic mass is 9.90. The minimum atomic E-state index is -0.907. The zero-order valence-electron chi connectivity index (χ0n) is 10.6. The van der Waals surface area contributed by atoms with E-state index in [1.807, 2.05) is 13.0 Å². The molecular weight excluding hydrogens is 343 g/mol. The summed E-state index contributed by atoms with van der Waals surface area (Å²) in [5.74, 6) is -0.339. The SMILES string of the molecule is CCOC(=O)c1cccc(C(C)(O)C2(I)CC2)c1. The van der Waals surface area contributed by atoms with E-state index >= 15 is 0 Å². The maximum Gasteiger partial charge on any atom is 0.338 e. The minimum absolute atomic E-state index is 0.0992. The summed E-state index contributed by atoms with van der Waals surface area (Å²) in [7, 11) is 0. The van der Waals surface area contributed by atoms with Gasteiger partial charge in [0.25, 0.3) is 0 Å². The van der Waals surface area contributed by atoms with Crippen LogP contribution in [0.3, 0.4) is 0 Å². The van der Waals surface area contributed by atoms with Crippen LogP contribution in [0, 0.1) is 0 Å². The topological polar surface area (TPSA) is 46.5 Å². The predicted octanol–water partition coefficient (Wildman–Crippen LogP) is 3.04. The van der Waals surface area contributed by atoms with Crippen LogP contribution in [0.4, 0.5) is 0 Å². The summed E-state index contributed by atoms with van der Waals surface area (Å²) in [6.07, 6.45) is 2.01. The summed E-state index contributed by atoms with van der Waals surface area (Å²) in [5, 5.41) is 10.7. The van der Waals surface area contributed by atoms with Crippen molar-refractivity contribution in [2.24, 2.45) is 0 Å². The molecule has 0 heterocycles. The van der Waals surface area contributed by atoms with Crippen LogP contribution in [-0.2, 0) is 10.3 Å². The summed E-state index contributed by atoms with van der Waals surface area (Å²) < 4.78 is 4.88. The number of hydrogen-bond acceptors (Lipinski definition) is 3. The zero-order chi connectivity index (χ0) is 13.4. The van der Waals surface area contributed by atoms with Gasteiger partial charge in [0.15, 0.2) is 0 Å². The van der Waals surface area contributed by atoms with Crippen molar-refractivity contribution in [3.8, 4) is 0 Å². The molecule has 1 unspecified atom stereocenters. The number of rotatable bonds is 4. The molecule has 0 saturated heterocycles. The predicted molar refractivity (Wildman–Crippen MR) is 78.0 cm³/mol. The van der Waals surface area contributed by atoms with Gasteiger partial charge in [-0.15, -0.1) is 0 Å². The molecule has 0 spiro atoms. The Morgan fingerprint density at radius 3 is 2.78 bits per heavy atom. The molecule has 0 bridgehead atoms. The van der Waals surface area contributed by atoms with Crippen LogP contribution in [-0.4, -0.2) is 21.1 Å². The van der Waals surface area contributed by atoms with Gasteiger partial charge in [0, 0.05) is 0 Å². The fourth-order valence-corrected chi connectivity index (χ4v) is 2.60. The van der Waals surface area contributed by atoms with Crippen LogP contribution >= 0.6 is 22.6 Å². The molecule has 4 heteroatoms. The van der Waals surface area contributed by atoms with E-state index in [1.54, 1.807) is 25.1 Å². The lowest BCUT2D eigenvalue weighted by Gasteiger charge is -2.29. The highest BCUT2D eigenvalue weighted by atomic mass is 127. The summed E-state index contributed by atoms with van der Waals surface area (Å²) in [6, 6.07) is 7.10. The van der Waals surface area contributed by atoms with Gasteiger partial charge in [0.2, 0.25) is 0 Å². The molecule has 1 fully saturated rings. The van der Waals surface area contributed by atoms with E-state index in [-0.39, 0.29) is 9.39 Å². The molecule has 0 amide bonds. The van der Waals surface area contributed by atoms with Gasteiger partial charge >= 0.3 is 5.97 Å².